The van der Waals surface area contributed by atoms with Gasteiger partial charge in [0, 0.05) is 12.8 Å². The number of unbranched alkanes of at least 4 members (excludes halogenated alkanes) is 1. The molecule has 0 bridgehead atoms. The van der Waals surface area contributed by atoms with Gasteiger partial charge in [-0.2, -0.15) is 57.1 Å². The molecule has 0 unspecified atom stereocenters. The predicted octanol–water partition coefficient (Wildman–Crippen LogP) is 6.28. The second-order valence-corrected chi connectivity index (χ2v) is 5.20. The summed E-state index contributed by atoms with van der Waals surface area (Å²) in [5.74, 6) is -27.3. The number of ether oxygens (including phenoxy) is 1. The van der Waals surface area contributed by atoms with E-state index in [1.165, 1.54) is 0 Å². The first-order valence-electron chi connectivity index (χ1n) is 6.86. The lowest BCUT2D eigenvalue weighted by Crippen LogP contribution is -2.67. The maximum atomic E-state index is 13.3. The Balaban J connectivity index is 5.47. The third kappa shape index (κ3) is 4.85. The molecule has 0 atom stereocenters. The number of hydrogen-bond donors (Lipinski definition) is 0. The van der Waals surface area contributed by atoms with Crippen molar-refractivity contribution in [3.63, 3.8) is 0 Å². The van der Waals surface area contributed by atoms with E-state index in [1.807, 2.05) is 0 Å². The standard InChI is InChI=1S/C12H13F13O/c1-2-26-12(24,25)11(22,23)10(20,21)9(18,19)7(13,14)5-3-4-6-8(15,16)17/h2-6H2,1H3. The third-order valence-corrected chi connectivity index (χ3v) is 3.14. The molecular weight excluding hydrogens is 407 g/mol. The van der Waals surface area contributed by atoms with Gasteiger partial charge in [-0.25, -0.2) is 0 Å². The van der Waals surface area contributed by atoms with Crippen molar-refractivity contribution in [1.82, 2.24) is 0 Å². The van der Waals surface area contributed by atoms with Gasteiger partial charge >= 0.3 is 36.0 Å². The summed E-state index contributed by atoms with van der Waals surface area (Å²) in [5, 5.41) is 0. The summed E-state index contributed by atoms with van der Waals surface area (Å²) in [4.78, 5) is 0. The molecule has 0 aliphatic heterocycles. The highest BCUT2D eigenvalue weighted by Gasteiger charge is 2.86. The fraction of sp³-hybridized carbons (Fsp3) is 1.00. The van der Waals surface area contributed by atoms with Crippen LogP contribution >= 0.6 is 0 Å². The van der Waals surface area contributed by atoms with Crippen LogP contribution in [0.5, 0.6) is 0 Å². The van der Waals surface area contributed by atoms with E-state index in [4.69, 9.17) is 0 Å². The van der Waals surface area contributed by atoms with Crippen LogP contribution in [0.2, 0.25) is 0 Å². The van der Waals surface area contributed by atoms with Crippen LogP contribution in [0.25, 0.3) is 0 Å². The topological polar surface area (TPSA) is 9.23 Å². The lowest BCUT2D eigenvalue weighted by atomic mass is 9.94. The van der Waals surface area contributed by atoms with Crippen molar-refractivity contribution in [2.75, 3.05) is 6.61 Å². The lowest BCUT2D eigenvalue weighted by molar-refractivity contribution is -0.445. The summed E-state index contributed by atoms with van der Waals surface area (Å²) in [6, 6.07) is 0. The molecule has 0 fully saturated rings. The number of alkyl halides is 13. The maximum Gasteiger partial charge on any atom is 0.426 e. The molecule has 0 spiro atoms. The Hall–Kier alpha value is -0.950. The molecule has 0 rings (SSSR count). The summed E-state index contributed by atoms with van der Waals surface area (Å²) in [6.07, 6.45) is -17.7. The lowest BCUT2D eigenvalue weighted by Gasteiger charge is -2.39. The quantitative estimate of drug-likeness (QED) is 0.299. The fourth-order valence-electron chi connectivity index (χ4n) is 1.71. The molecule has 0 aliphatic carbocycles. The molecule has 1 nitrogen and oxygen atoms in total. The summed E-state index contributed by atoms with van der Waals surface area (Å²) >= 11 is 0. The minimum atomic E-state index is -7.27. The predicted molar refractivity (Wildman–Crippen MR) is 60.9 cm³/mol. The highest BCUT2D eigenvalue weighted by atomic mass is 19.4. The van der Waals surface area contributed by atoms with Gasteiger partial charge in [0.15, 0.2) is 0 Å². The summed E-state index contributed by atoms with van der Waals surface area (Å²) in [7, 11) is 0. The van der Waals surface area contributed by atoms with Crippen molar-refractivity contribution in [2.24, 2.45) is 0 Å². The van der Waals surface area contributed by atoms with Crippen LogP contribution in [0.4, 0.5) is 57.1 Å². The fourth-order valence-corrected chi connectivity index (χ4v) is 1.71. The van der Waals surface area contributed by atoms with Crippen molar-refractivity contribution >= 4 is 0 Å². The summed E-state index contributed by atoms with van der Waals surface area (Å²) in [5.41, 5.74) is 0. The monoisotopic (exact) mass is 420 g/mol. The zero-order valence-electron chi connectivity index (χ0n) is 12.9. The molecule has 0 aromatic rings. The Morgan fingerprint density at radius 1 is 0.577 bits per heavy atom. The molecule has 0 saturated carbocycles. The van der Waals surface area contributed by atoms with Gasteiger partial charge in [0.2, 0.25) is 0 Å². The first kappa shape index (κ1) is 25.1. The molecule has 0 radical (unpaired) electrons. The average Bonchev–Trinajstić information content (AvgIpc) is 2.41. The van der Waals surface area contributed by atoms with Gasteiger partial charge in [-0.1, -0.05) is 0 Å². The number of rotatable bonds is 10. The second kappa shape index (κ2) is 7.58. The van der Waals surface area contributed by atoms with Gasteiger partial charge in [0.05, 0.1) is 6.61 Å². The van der Waals surface area contributed by atoms with Gasteiger partial charge in [-0.15, -0.1) is 0 Å². The minimum Gasteiger partial charge on any atom is -0.316 e. The van der Waals surface area contributed by atoms with Gasteiger partial charge in [0.25, 0.3) is 0 Å². The molecule has 0 aromatic carbocycles. The van der Waals surface area contributed by atoms with Crippen molar-refractivity contribution in [3.8, 4) is 0 Å². The minimum absolute atomic E-state index is 0.621. The van der Waals surface area contributed by atoms with E-state index >= 15 is 0 Å². The van der Waals surface area contributed by atoms with Crippen LogP contribution in [-0.4, -0.2) is 42.6 Å². The molecule has 0 amide bonds. The van der Waals surface area contributed by atoms with E-state index in [9.17, 15) is 57.1 Å². The van der Waals surface area contributed by atoms with E-state index in [0.29, 0.717) is 6.92 Å². The van der Waals surface area contributed by atoms with Crippen LogP contribution in [0.15, 0.2) is 0 Å². The molecule has 158 valence electrons. The first-order chi connectivity index (χ1) is 11.3. The van der Waals surface area contributed by atoms with Gasteiger partial charge in [0.1, 0.15) is 0 Å². The van der Waals surface area contributed by atoms with E-state index in [0.717, 1.165) is 0 Å². The Morgan fingerprint density at radius 2 is 1.00 bits per heavy atom. The molecule has 26 heavy (non-hydrogen) atoms. The highest BCUT2D eigenvalue weighted by molar-refractivity contribution is 5.06. The van der Waals surface area contributed by atoms with Crippen LogP contribution < -0.4 is 0 Å². The van der Waals surface area contributed by atoms with Gasteiger partial charge in [-0.3, -0.25) is 0 Å². The SMILES string of the molecule is CCOC(F)(F)C(F)(F)C(F)(F)C(F)(F)C(F)(F)CCCCC(F)(F)F. The van der Waals surface area contributed by atoms with Crippen molar-refractivity contribution in [2.45, 2.75) is 68.6 Å². The number of hydrogen-bond acceptors (Lipinski definition) is 1. The summed E-state index contributed by atoms with van der Waals surface area (Å²) in [6.45, 7) is -0.715. The Kier molecular flexibility index (Phi) is 7.31. The smallest absolute Gasteiger partial charge is 0.316 e. The zero-order valence-corrected chi connectivity index (χ0v) is 12.9. The van der Waals surface area contributed by atoms with Gasteiger partial charge < -0.3 is 4.74 Å². The zero-order chi connectivity index (χ0) is 21.2. The van der Waals surface area contributed by atoms with Crippen LogP contribution in [0.1, 0.15) is 32.6 Å². The van der Waals surface area contributed by atoms with Crippen LogP contribution in [-0.2, 0) is 4.74 Å². The number of halogens is 13. The van der Waals surface area contributed by atoms with Crippen molar-refractivity contribution in [3.05, 3.63) is 0 Å². The molecule has 0 saturated heterocycles. The molecule has 0 aromatic heterocycles. The van der Waals surface area contributed by atoms with Crippen LogP contribution in [0, 0.1) is 0 Å². The van der Waals surface area contributed by atoms with Crippen LogP contribution in [0.3, 0.4) is 0 Å². The van der Waals surface area contributed by atoms with E-state index in [-0.39, 0.29) is 0 Å². The normalized spacial score (nSPS) is 15.5. The largest absolute Gasteiger partial charge is 0.426 e. The molecule has 14 heteroatoms. The molecular formula is C12H13F13O. The Morgan fingerprint density at radius 3 is 1.38 bits per heavy atom. The van der Waals surface area contributed by atoms with E-state index in [2.05, 4.69) is 4.74 Å². The average molecular weight is 420 g/mol. The first-order valence-corrected chi connectivity index (χ1v) is 6.86. The Labute approximate surface area is 138 Å². The molecule has 0 aliphatic rings. The van der Waals surface area contributed by atoms with Crippen molar-refractivity contribution in [1.29, 1.82) is 0 Å². The maximum absolute atomic E-state index is 13.3. The third-order valence-electron chi connectivity index (χ3n) is 3.14. The Bertz CT molecular complexity index is 455. The van der Waals surface area contributed by atoms with E-state index in [1.54, 1.807) is 0 Å². The second-order valence-electron chi connectivity index (χ2n) is 5.20. The highest BCUT2D eigenvalue weighted by Crippen LogP contribution is 2.58. The summed E-state index contributed by atoms with van der Waals surface area (Å²) < 4.78 is 170. The van der Waals surface area contributed by atoms with Crippen molar-refractivity contribution < 1.29 is 61.8 Å². The molecule has 0 heterocycles. The van der Waals surface area contributed by atoms with E-state index < -0.39 is 68.3 Å². The van der Waals surface area contributed by atoms with Gasteiger partial charge in [-0.05, 0) is 19.8 Å². The molecule has 0 N–H and O–H groups in total.